The molecule has 186 valence electrons. The van der Waals surface area contributed by atoms with Gasteiger partial charge in [-0.1, -0.05) is 103 Å². The number of hydrogen-bond donors (Lipinski definition) is 0. The van der Waals surface area contributed by atoms with E-state index < -0.39 is 6.09 Å². The van der Waals surface area contributed by atoms with Gasteiger partial charge in [-0.25, -0.2) is 9.69 Å². The van der Waals surface area contributed by atoms with Crippen LogP contribution in [0.2, 0.25) is 0 Å². The van der Waals surface area contributed by atoms with Crippen LogP contribution >= 0.6 is 0 Å². The molecule has 4 aromatic rings. The maximum atomic E-state index is 13.1. The van der Waals surface area contributed by atoms with Crippen molar-refractivity contribution in [3.63, 3.8) is 0 Å². The Bertz CT molecular complexity index is 1270. The van der Waals surface area contributed by atoms with E-state index in [4.69, 9.17) is 4.74 Å². The quantitative estimate of drug-likeness (QED) is 0.288. The van der Waals surface area contributed by atoms with Gasteiger partial charge in [0.1, 0.15) is 6.61 Å². The molecule has 1 fully saturated rings. The number of ether oxygens (including phenoxy) is 1. The van der Waals surface area contributed by atoms with Gasteiger partial charge in [0, 0.05) is 18.8 Å². The van der Waals surface area contributed by atoms with Crippen LogP contribution in [0.3, 0.4) is 0 Å². The Labute approximate surface area is 217 Å². The molecular weight excluding hydrogens is 460 g/mol. The third-order valence-corrected chi connectivity index (χ3v) is 6.63. The molecule has 5 nitrogen and oxygen atoms in total. The van der Waals surface area contributed by atoms with Crippen LogP contribution in [0.15, 0.2) is 115 Å². The number of anilines is 1. The summed E-state index contributed by atoms with van der Waals surface area (Å²) in [6.45, 7) is 1.77. The van der Waals surface area contributed by atoms with Gasteiger partial charge >= 0.3 is 6.09 Å². The number of carbonyl (C=O) groups is 2. The largest absolute Gasteiger partial charge is 0.447 e. The van der Waals surface area contributed by atoms with Crippen LogP contribution < -0.4 is 4.90 Å². The third kappa shape index (κ3) is 6.25. The van der Waals surface area contributed by atoms with Gasteiger partial charge in [0.25, 0.3) is 0 Å². The Kier molecular flexibility index (Phi) is 7.60. The topological polar surface area (TPSA) is 49.9 Å². The molecule has 1 heterocycles. The zero-order chi connectivity index (χ0) is 25.5. The van der Waals surface area contributed by atoms with E-state index in [0.29, 0.717) is 6.42 Å². The fraction of sp³-hybridized carbons (Fsp3) is 0.188. The minimum Gasteiger partial charge on any atom is -0.447 e. The second-order valence-corrected chi connectivity index (χ2v) is 9.35. The molecule has 0 unspecified atom stereocenters. The predicted octanol–water partition coefficient (Wildman–Crippen LogP) is 6.03. The first-order chi connectivity index (χ1) is 18.2. The highest BCUT2D eigenvalue weighted by Gasteiger charge is 2.37. The lowest BCUT2D eigenvalue weighted by atomic mass is 10.0. The molecule has 0 spiro atoms. The number of amides is 2. The van der Waals surface area contributed by atoms with Crippen molar-refractivity contribution in [1.29, 1.82) is 0 Å². The lowest BCUT2D eigenvalue weighted by Gasteiger charge is -2.26. The number of cyclic esters (lactones) is 1. The van der Waals surface area contributed by atoms with Crippen molar-refractivity contribution >= 4 is 17.7 Å². The van der Waals surface area contributed by atoms with Gasteiger partial charge in [-0.15, -0.1) is 0 Å². The monoisotopic (exact) mass is 490 g/mol. The minimum absolute atomic E-state index is 0.151. The number of rotatable bonds is 9. The van der Waals surface area contributed by atoms with Gasteiger partial charge in [-0.05, 0) is 40.8 Å². The molecule has 37 heavy (non-hydrogen) atoms. The predicted molar refractivity (Wildman–Crippen MR) is 145 cm³/mol. The van der Waals surface area contributed by atoms with E-state index >= 15 is 0 Å². The van der Waals surface area contributed by atoms with E-state index in [9.17, 15) is 9.59 Å². The zero-order valence-electron chi connectivity index (χ0n) is 20.7. The lowest BCUT2D eigenvalue weighted by Crippen LogP contribution is -2.41. The van der Waals surface area contributed by atoms with Crippen LogP contribution in [-0.4, -0.2) is 29.5 Å². The van der Waals surface area contributed by atoms with Gasteiger partial charge < -0.3 is 9.64 Å². The molecule has 4 aromatic carbocycles. The van der Waals surface area contributed by atoms with Crippen LogP contribution in [0.4, 0.5) is 10.5 Å². The molecule has 1 aliphatic heterocycles. The number of hydrogen-bond acceptors (Lipinski definition) is 4. The molecule has 0 radical (unpaired) electrons. The third-order valence-electron chi connectivity index (χ3n) is 6.63. The highest BCUT2D eigenvalue weighted by molar-refractivity contribution is 5.94. The van der Waals surface area contributed by atoms with E-state index in [1.165, 1.54) is 16.0 Å². The molecule has 1 aliphatic rings. The van der Waals surface area contributed by atoms with Gasteiger partial charge in [0.05, 0.1) is 12.5 Å². The minimum atomic E-state index is -0.556. The van der Waals surface area contributed by atoms with E-state index in [2.05, 4.69) is 65.6 Å². The van der Waals surface area contributed by atoms with Crippen molar-refractivity contribution in [2.24, 2.45) is 0 Å². The molecule has 0 aliphatic carbocycles. The summed E-state index contributed by atoms with van der Waals surface area (Å²) >= 11 is 0. The molecule has 1 atom stereocenters. The van der Waals surface area contributed by atoms with Crippen molar-refractivity contribution in [2.75, 3.05) is 11.5 Å². The van der Waals surface area contributed by atoms with Gasteiger partial charge in [-0.3, -0.25) is 4.79 Å². The van der Waals surface area contributed by atoms with Crippen molar-refractivity contribution < 1.29 is 14.3 Å². The second-order valence-electron chi connectivity index (χ2n) is 9.35. The number of benzene rings is 4. The Morgan fingerprint density at radius 2 is 1.22 bits per heavy atom. The average molecular weight is 491 g/mol. The molecular formula is C32H30N2O3. The Morgan fingerprint density at radius 3 is 1.76 bits per heavy atom. The van der Waals surface area contributed by atoms with Crippen LogP contribution in [-0.2, 0) is 35.5 Å². The summed E-state index contributed by atoms with van der Waals surface area (Å²) in [5.41, 5.74) is 5.48. The standard InChI is InChI=1S/C32H30N2O3/c35-31(34-30(24-37-32(34)36)20-25-10-4-1-5-11-25)21-26-16-18-29(19-17-26)33(22-27-12-6-2-7-13-27)23-28-14-8-3-9-15-28/h1-19,30H,20-24H2/t30-/m1/s1. The van der Waals surface area contributed by atoms with Crippen molar-refractivity contribution in [2.45, 2.75) is 32.0 Å². The average Bonchev–Trinajstić information content (AvgIpc) is 3.30. The normalized spacial score (nSPS) is 14.9. The van der Waals surface area contributed by atoms with Crippen LogP contribution in [0.5, 0.6) is 0 Å². The highest BCUT2D eigenvalue weighted by atomic mass is 16.6. The number of nitrogens with zero attached hydrogens (tertiary/aromatic N) is 2. The van der Waals surface area contributed by atoms with Gasteiger partial charge in [0.15, 0.2) is 0 Å². The SMILES string of the molecule is O=C(Cc1ccc(N(Cc2ccccc2)Cc2ccccc2)cc1)N1C(=O)OC[C@H]1Cc1ccccc1. The van der Waals surface area contributed by atoms with Crippen LogP contribution in [0.25, 0.3) is 0 Å². The molecule has 0 bridgehead atoms. The van der Waals surface area contributed by atoms with E-state index in [1.54, 1.807) is 0 Å². The maximum Gasteiger partial charge on any atom is 0.416 e. The highest BCUT2D eigenvalue weighted by Crippen LogP contribution is 2.23. The smallest absolute Gasteiger partial charge is 0.416 e. The summed E-state index contributed by atoms with van der Waals surface area (Å²) in [6, 6.07) is 38.4. The number of imide groups is 1. The van der Waals surface area contributed by atoms with E-state index in [0.717, 1.165) is 29.9 Å². The molecule has 1 saturated heterocycles. The van der Waals surface area contributed by atoms with Gasteiger partial charge in [0.2, 0.25) is 5.91 Å². The van der Waals surface area contributed by atoms with Crippen molar-refractivity contribution in [3.05, 3.63) is 138 Å². The fourth-order valence-corrected chi connectivity index (χ4v) is 4.73. The molecule has 5 rings (SSSR count). The van der Waals surface area contributed by atoms with E-state index in [-0.39, 0.29) is 25.0 Å². The molecule has 2 amide bonds. The molecule has 0 N–H and O–H groups in total. The maximum absolute atomic E-state index is 13.1. The first-order valence-corrected chi connectivity index (χ1v) is 12.6. The summed E-state index contributed by atoms with van der Waals surface area (Å²) in [4.78, 5) is 29.1. The fourth-order valence-electron chi connectivity index (χ4n) is 4.73. The van der Waals surface area contributed by atoms with Gasteiger partial charge in [-0.2, -0.15) is 0 Å². The summed E-state index contributed by atoms with van der Waals surface area (Å²) in [6.07, 6.45) is 0.183. The van der Waals surface area contributed by atoms with Crippen LogP contribution in [0, 0.1) is 0 Å². The zero-order valence-corrected chi connectivity index (χ0v) is 20.7. The number of carbonyl (C=O) groups excluding carboxylic acids is 2. The summed E-state index contributed by atoms with van der Waals surface area (Å²) in [5.74, 6) is -0.235. The van der Waals surface area contributed by atoms with Crippen molar-refractivity contribution in [3.8, 4) is 0 Å². The lowest BCUT2D eigenvalue weighted by molar-refractivity contribution is -0.128. The molecule has 0 saturated carbocycles. The summed E-state index contributed by atoms with van der Waals surface area (Å²) in [7, 11) is 0. The molecule has 0 aromatic heterocycles. The summed E-state index contributed by atoms with van der Waals surface area (Å²) in [5, 5.41) is 0. The summed E-state index contributed by atoms with van der Waals surface area (Å²) < 4.78 is 5.23. The first kappa shape index (κ1) is 24.3. The second kappa shape index (κ2) is 11.6. The van der Waals surface area contributed by atoms with E-state index in [1.807, 2.05) is 54.6 Å². The Balaban J connectivity index is 1.29. The molecule has 5 heteroatoms. The first-order valence-electron chi connectivity index (χ1n) is 12.6. The van der Waals surface area contributed by atoms with Crippen LogP contribution in [0.1, 0.15) is 22.3 Å². The van der Waals surface area contributed by atoms with Crippen molar-refractivity contribution in [1.82, 2.24) is 4.90 Å². The Hall–Kier alpha value is -4.38. The Morgan fingerprint density at radius 1 is 0.703 bits per heavy atom.